The molecular weight excluding hydrogens is 290 g/mol. The Kier molecular flexibility index (Phi) is 5.25. The van der Waals surface area contributed by atoms with Crippen LogP contribution in [0.5, 0.6) is 0 Å². The van der Waals surface area contributed by atoms with E-state index < -0.39 is 0 Å². The molecule has 0 fully saturated rings. The predicted molar refractivity (Wildman–Crippen MR) is 103 cm³/mol. The van der Waals surface area contributed by atoms with E-state index in [1.54, 1.807) is 0 Å². The Bertz CT molecular complexity index is 748. The van der Waals surface area contributed by atoms with E-state index in [0.29, 0.717) is 0 Å². The van der Waals surface area contributed by atoms with Gasteiger partial charge in [0.2, 0.25) is 0 Å². The van der Waals surface area contributed by atoms with Gasteiger partial charge in [-0.2, -0.15) is 0 Å². The summed E-state index contributed by atoms with van der Waals surface area (Å²) in [7, 11) is 2.02. The first kappa shape index (κ1) is 16.2. The average Bonchev–Trinajstić information content (AvgIpc) is 2.65. The van der Waals surface area contributed by atoms with E-state index in [9.17, 15) is 0 Å². The van der Waals surface area contributed by atoms with Gasteiger partial charge in [-0.15, -0.1) is 0 Å². The van der Waals surface area contributed by atoms with E-state index in [1.165, 1.54) is 27.8 Å². The van der Waals surface area contributed by atoms with Crippen molar-refractivity contribution in [1.82, 2.24) is 5.32 Å². The highest BCUT2D eigenvalue weighted by Crippen LogP contribution is 2.33. The van der Waals surface area contributed by atoms with Crippen LogP contribution in [0.4, 0.5) is 0 Å². The standard InChI is InChI=1S/C23H23N/c1-18(23(24-2)21-16-10-5-11-17-21)22(19-12-6-3-7-13-19)20-14-8-4-9-15-20/h3-17,23-24H,1-2H3. The van der Waals surface area contributed by atoms with Gasteiger partial charge in [0.1, 0.15) is 0 Å². The summed E-state index contributed by atoms with van der Waals surface area (Å²) >= 11 is 0. The number of benzene rings is 3. The van der Waals surface area contributed by atoms with Crippen LogP contribution in [-0.2, 0) is 0 Å². The van der Waals surface area contributed by atoms with Crippen LogP contribution in [0.25, 0.3) is 5.57 Å². The lowest BCUT2D eigenvalue weighted by Crippen LogP contribution is -2.18. The highest BCUT2D eigenvalue weighted by atomic mass is 14.9. The molecule has 0 aromatic heterocycles. The molecule has 0 saturated carbocycles. The van der Waals surface area contributed by atoms with E-state index in [1.807, 2.05) is 7.05 Å². The Hall–Kier alpha value is -2.64. The lowest BCUT2D eigenvalue weighted by atomic mass is 9.88. The molecular formula is C23H23N. The van der Waals surface area contributed by atoms with Crippen molar-refractivity contribution in [2.24, 2.45) is 0 Å². The van der Waals surface area contributed by atoms with Gasteiger partial charge < -0.3 is 5.32 Å². The van der Waals surface area contributed by atoms with Crippen molar-refractivity contribution in [3.05, 3.63) is 113 Å². The summed E-state index contributed by atoms with van der Waals surface area (Å²) in [4.78, 5) is 0. The fourth-order valence-corrected chi connectivity index (χ4v) is 3.25. The monoisotopic (exact) mass is 313 g/mol. The largest absolute Gasteiger partial charge is 0.310 e. The van der Waals surface area contributed by atoms with Crippen molar-refractivity contribution in [3.63, 3.8) is 0 Å². The second kappa shape index (κ2) is 7.76. The first-order valence-electron chi connectivity index (χ1n) is 8.35. The molecule has 0 bridgehead atoms. The van der Waals surface area contributed by atoms with Crippen LogP contribution in [0.15, 0.2) is 96.6 Å². The predicted octanol–water partition coefficient (Wildman–Crippen LogP) is 5.47. The van der Waals surface area contributed by atoms with Gasteiger partial charge in [-0.1, -0.05) is 91.0 Å². The lowest BCUT2D eigenvalue weighted by Gasteiger charge is -2.22. The van der Waals surface area contributed by atoms with Crippen molar-refractivity contribution < 1.29 is 0 Å². The SMILES string of the molecule is CNC(C(C)=C(c1ccccc1)c1ccccc1)c1ccccc1. The third kappa shape index (κ3) is 3.47. The first-order valence-corrected chi connectivity index (χ1v) is 8.35. The van der Waals surface area contributed by atoms with Gasteiger partial charge in [-0.05, 0) is 41.8 Å². The van der Waals surface area contributed by atoms with Crippen molar-refractivity contribution in [3.8, 4) is 0 Å². The molecule has 1 atom stereocenters. The molecule has 1 nitrogen and oxygen atoms in total. The number of hydrogen-bond donors (Lipinski definition) is 1. The third-order valence-corrected chi connectivity index (χ3v) is 4.37. The van der Waals surface area contributed by atoms with E-state index >= 15 is 0 Å². The Morgan fingerprint density at radius 2 is 1.08 bits per heavy atom. The quantitative estimate of drug-likeness (QED) is 0.658. The first-order chi connectivity index (χ1) is 11.8. The molecule has 0 spiro atoms. The maximum Gasteiger partial charge on any atom is 0.0540 e. The zero-order valence-corrected chi connectivity index (χ0v) is 14.2. The maximum atomic E-state index is 3.48. The second-order valence-corrected chi connectivity index (χ2v) is 5.92. The molecule has 0 saturated heterocycles. The molecule has 0 aliphatic heterocycles. The fraction of sp³-hybridized carbons (Fsp3) is 0.130. The maximum absolute atomic E-state index is 3.48. The summed E-state index contributed by atoms with van der Waals surface area (Å²) in [6, 6.07) is 32.1. The van der Waals surface area contributed by atoms with Gasteiger partial charge in [-0.25, -0.2) is 0 Å². The molecule has 0 aliphatic carbocycles. The summed E-state index contributed by atoms with van der Waals surface area (Å²) in [6.07, 6.45) is 0. The minimum atomic E-state index is 0.182. The average molecular weight is 313 g/mol. The van der Waals surface area contributed by atoms with Gasteiger partial charge in [0.15, 0.2) is 0 Å². The Balaban J connectivity index is 2.17. The molecule has 0 radical (unpaired) electrons. The molecule has 1 N–H and O–H groups in total. The second-order valence-electron chi connectivity index (χ2n) is 5.92. The molecule has 0 heterocycles. The third-order valence-electron chi connectivity index (χ3n) is 4.37. The molecule has 24 heavy (non-hydrogen) atoms. The van der Waals surface area contributed by atoms with Crippen molar-refractivity contribution >= 4 is 5.57 Å². The normalized spacial score (nSPS) is 11.8. The summed E-state index contributed by atoms with van der Waals surface area (Å²) in [5.41, 5.74) is 6.39. The van der Waals surface area contributed by atoms with Crippen LogP contribution in [0.2, 0.25) is 0 Å². The number of likely N-dealkylation sites (N-methyl/N-ethyl adjacent to an activating group) is 1. The highest BCUT2D eigenvalue weighted by Gasteiger charge is 2.17. The Morgan fingerprint density at radius 1 is 0.667 bits per heavy atom. The van der Waals surface area contributed by atoms with Crippen LogP contribution in [0.3, 0.4) is 0 Å². The lowest BCUT2D eigenvalue weighted by molar-refractivity contribution is 0.679. The molecule has 3 aromatic carbocycles. The number of nitrogens with one attached hydrogen (secondary N) is 1. The Labute approximate surface area is 144 Å². The van der Waals surface area contributed by atoms with Gasteiger partial charge >= 0.3 is 0 Å². The molecule has 3 aromatic rings. The molecule has 1 heteroatoms. The summed E-state index contributed by atoms with van der Waals surface area (Å²) < 4.78 is 0. The van der Waals surface area contributed by atoms with Gasteiger partial charge in [-0.3, -0.25) is 0 Å². The zero-order valence-electron chi connectivity index (χ0n) is 14.2. The molecule has 1 unspecified atom stereocenters. The van der Waals surface area contributed by atoms with Crippen LogP contribution in [0.1, 0.15) is 29.7 Å². The van der Waals surface area contributed by atoms with Crippen molar-refractivity contribution in [2.45, 2.75) is 13.0 Å². The number of hydrogen-bond acceptors (Lipinski definition) is 1. The highest BCUT2D eigenvalue weighted by molar-refractivity contribution is 5.82. The van der Waals surface area contributed by atoms with Gasteiger partial charge in [0.05, 0.1) is 6.04 Å². The van der Waals surface area contributed by atoms with E-state index in [2.05, 4.69) is 103 Å². The van der Waals surface area contributed by atoms with E-state index in [-0.39, 0.29) is 6.04 Å². The molecule has 0 amide bonds. The summed E-state index contributed by atoms with van der Waals surface area (Å²) in [5, 5.41) is 3.48. The van der Waals surface area contributed by atoms with Crippen molar-refractivity contribution in [2.75, 3.05) is 7.05 Å². The van der Waals surface area contributed by atoms with Gasteiger partial charge in [0, 0.05) is 0 Å². The van der Waals surface area contributed by atoms with Crippen LogP contribution < -0.4 is 5.32 Å². The minimum Gasteiger partial charge on any atom is -0.310 e. The topological polar surface area (TPSA) is 12.0 Å². The van der Waals surface area contributed by atoms with Gasteiger partial charge in [0.25, 0.3) is 0 Å². The zero-order chi connectivity index (χ0) is 16.8. The van der Waals surface area contributed by atoms with Crippen LogP contribution >= 0.6 is 0 Å². The van der Waals surface area contributed by atoms with Crippen molar-refractivity contribution in [1.29, 1.82) is 0 Å². The Morgan fingerprint density at radius 3 is 1.50 bits per heavy atom. The molecule has 120 valence electrons. The summed E-state index contributed by atoms with van der Waals surface area (Å²) in [6.45, 7) is 2.23. The molecule has 3 rings (SSSR count). The summed E-state index contributed by atoms with van der Waals surface area (Å²) in [5.74, 6) is 0. The molecule has 0 aliphatic rings. The van der Waals surface area contributed by atoms with Crippen LogP contribution in [0, 0.1) is 0 Å². The smallest absolute Gasteiger partial charge is 0.0540 e. The van der Waals surface area contributed by atoms with E-state index in [4.69, 9.17) is 0 Å². The van der Waals surface area contributed by atoms with Crippen LogP contribution in [-0.4, -0.2) is 7.05 Å². The van der Waals surface area contributed by atoms with E-state index in [0.717, 1.165) is 0 Å². The minimum absolute atomic E-state index is 0.182. The fourth-order valence-electron chi connectivity index (χ4n) is 3.25. The number of rotatable bonds is 5.